The Hall–Kier alpha value is -3.96. The summed E-state index contributed by atoms with van der Waals surface area (Å²) in [7, 11) is 0. The molecule has 0 unspecified atom stereocenters. The van der Waals surface area contributed by atoms with Gasteiger partial charge >= 0.3 is 0 Å². The zero-order valence-electron chi connectivity index (χ0n) is 17.5. The maximum Gasteiger partial charge on any atom is 0.0984 e. The van der Waals surface area contributed by atoms with Crippen LogP contribution in [-0.2, 0) is 0 Å². The van der Waals surface area contributed by atoms with E-state index in [9.17, 15) is 0 Å². The van der Waals surface area contributed by atoms with Crippen LogP contribution in [0.25, 0.3) is 55.7 Å². The molecule has 6 rings (SSSR count). The molecule has 156 valence electrons. The van der Waals surface area contributed by atoms with Gasteiger partial charge in [0.1, 0.15) is 0 Å². The molecule has 6 aromatic rings. The number of hydrogen-bond donors (Lipinski definition) is 0. The first-order chi connectivity index (χ1) is 16.3. The lowest BCUT2D eigenvalue weighted by atomic mass is 9.98. The summed E-state index contributed by atoms with van der Waals surface area (Å²) in [5.41, 5.74) is 7.16. The van der Waals surface area contributed by atoms with Crippen LogP contribution in [0.4, 0.5) is 0 Å². The maximum atomic E-state index is 5.07. The molecule has 0 aliphatic heterocycles. The van der Waals surface area contributed by atoms with Crippen LogP contribution >= 0.6 is 15.9 Å². The van der Waals surface area contributed by atoms with Crippen LogP contribution in [-0.4, -0.2) is 19.9 Å². The third-order valence-electron chi connectivity index (χ3n) is 5.65. The van der Waals surface area contributed by atoms with E-state index in [-0.39, 0.29) is 0 Å². The van der Waals surface area contributed by atoms with Gasteiger partial charge in [0.25, 0.3) is 0 Å². The molecule has 0 bridgehead atoms. The van der Waals surface area contributed by atoms with Gasteiger partial charge in [0, 0.05) is 27.6 Å². The van der Waals surface area contributed by atoms with E-state index in [1.807, 2.05) is 48.5 Å². The van der Waals surface area contributed by atoms with Crippen molar-refractivity contribution in [3.63, 3.8) is 0 Å². The normalized spacial score (nSPS) is 11.2. The highest BCUT2D eigenvalue weighted by Gasteiger charge is 2.16. The second-order valence-corrected chi connectivity index (χ2v) is 8.55. The number of benzene rings is 2. The fraction of sp³-hybridized carbons (Fsp3) is 0. The SMILES string of the molecule is Brc1cc(-c2ccccn2)nc2c1ccc1c(-c3ccccc3)cc(-c3ccccn3)nc12. The molecule has 2 aromatic carbocycles. The molecule has 4 aromatic heterocycles. The zero-order chi connectivity index (χ0) is 22.2. The summed E-state index contributed by atoms with van der Waals surface area (Å²) >= 11 is 3.75. The maximum absolute atomic E-state index is 5.07. The van der Waals surface area contributed by atoms with Crippen molar-refractivity contribution >= 4 is 37.7 Å². The standard InChI is InChI=1S/C28H17BrN4/c29-22-17-26(24-11-5-7-15-31-24)33-28-20(22)13-12-19-21(18-8-2-1-3-9-18)16-25(32-27(19)28)23-10-4-6-14-30-23/h1-17H. The molecular weight excluding hydrogens is 472 g/mol. The second-order valence-electron chi connectivity index (χ2n) is 7.70. The molecule has 5 heteroatoms. The zero-order valence-corrected chi connectivity index (χ0v) is 19.1. The van der Waals surface area contributed by atoms with Gasteiger partial charge in [-0.1, -0.05) is 70.5 Å². The van der Waals surface area contributed by atoms with Crippen LogP contribution in [0, 0.1) is 0 Å². The minimum atomic E-state index is 0.800. The topological polar surface area (TPSA) is 51.6 Å². The Kier molecular flexibility index (Phi) is 4.89. The molecule has 0 aliphatic rings. The molecule has 0 saturated carbocycles. The van der Waals surface area contributed by atoms with Crippen LogP contribution in [0.2, 0.25) is 0 Å². The molecular formula is C28H17BrN4. The van der Waals surface area contributed by atoms with Crippen molar-refractivity contribution in [1.29, 1.82) is 0 Å². The summed E-state index contributed by atoms with van der Waals surface area (Å²) in [5, 5.41) is 2.05. The van der Waals surface area contributed by atoms with E-state index in [2.05, 4.69) is 68.4 Å². The Labute approximate surface area is 199 Å². The van der Waals surface area contributed by atoms with Crippen molar-refractivity contribution in [3.8, 4) is 33.9 Å². The highest BCUT2D eigenvalue weighted by Crippen LogP contribution is 2.37. The van der Waals surface area contributed by atoms with E-state index in [0.29, 0.717) is 0 Å². The van der Waals surface area contributed by atoms with Gasteiger partial charge in [-0.05, 0) is 47.5 Å². The highest BCUT2D eigenvalue weighted by molar-refractivity contribution is 9.10. The Morgan fingerprint density at radius 1 is 0.515 bits per heavy atom. The summed E-state index contributed by atoms with van der Waals surface area (Å²) in [4.78, 5) is 19.1. The number of aromatic nitrogens is 4. The number of hydrogen-bond acceptors (Lipinski definition) is 4. The monoisotopic (exact) mass is 488 g/mol. The minimum absolute atomic E-state index is 0.800. The summed E-state index contributed by atoms with van der Waals surface area (Å²) in [6.07, 6.45) is 3.57. The van der Waals surface area contributed by atoms with Crippen LogP contribution in [0.3, 0.4) is 0 Å². The molecule has 0 radical (unpaired) electrons. The first-order valence-corrected chi connectivity index (χ1v) is 11.4. The smallest absolute Gasteiger partial charge is 0.0984 e. The van der Waals surface area contributed by atoms with Gasteiger partial charge in [-0.3, -0.25) is 9.97 Å². The summed E-state index contributed by atoms with van der Waals surface area (Å²) < 4.78 is 0.960. The Morgan fingerprint density at radius 3 is 1.73 bits per heavy atom. The summed E-state index contributed by atoms with van der Waals surface area (Å²) in [6.45, 7) is 0. The van der Waals surface area contributed by atoms with Gasteiger partial charge in [0.2, 0.25) is 0 Å². The van der Waals surface area contributed by atoms with E-state index in [1.165, 1.54) is 0 Å². The third kappa shape index (κ3) is 3.56. The largest absolute Gasteiger partial charge is 0.255 e. The minimum Gasteiger partial charge on any atom is -0.255 e. The van der Waals surface area contributed by atoms with Crippen molar-refractivity contribution < 1.29 is 0 Å². The Bertz CT molecular complexity index is 1600. The molecule has 0 fully saturated rings. The first-order valence-electron chi connectivity index (χ1n) is 10.6. The quantitative estimate of drug-likeness (QED) is 0.244. The fourth-order valence-corrected chi connectivity index (χ4v) is 4.62. The van der Waals surface area contributed by atoms with Crippen LogP contribution in [0.1, 0.15) is 0 Å². The lowest BCUT2D eigenvalue weighted by Gasteiger charge is -2.13. The number of rotatable bonds is 3. The highest BCUT2D eigenvalue weighted by atomic mass is 79.9. The van der Waals surface area contributed by atoms with Crippen molar-refractivity contribution in [2.75, 3.05) is 0 Å². The van der Waals surface area contributed by atoms with Crippen molar-refractivity contribution in [3.05, 3.63) is 108 Å². The molecule has 0 N–H and O–H groups in total. The predicted octanol–water partition coefficient (Wildman–Crippen LogP) is 7.34. The molecule has 0 spiro atoms. The van der Waals surface area contributed by atoms with Gasteiger partial charge in [-0.2, -0.15) is 0 Å². The predicted molar refractivity (Wildman–Crippen MR) is 137 cm³/mol. The van der Waals surface area contributed by atoms with Crippen molar-refractivity contribution in [1.82, 2.24) is 19.9 Å². The first kappa shape index (κ1) is 19.7. The van der Waals surface area contributed by atoms with E-state index in [1.54, 1.807) is 12.4 Å². The summed E-state index contributed by atoms with van der Waals surface area (Å²) in [5.74, 6) is 0. The average molecular weight is 489 g/mol. The van der Waals surface area contributed by atoms with Gasteiger partial charge in [0.15, 0.2) is 0 Å². The van der Waals surface area contributed by atoms with Crippen molar-refractivity contribution in [2.24, 2.45) is 0 Å². The molecule has 0 amide bonds. The number of nitrogens with zero attached hydrogens (tertiary/aromatic N) is 4. The van der Waals surface area contributed by atoms with E-state index >= 15 is 0 Å². The van der Waals surface area contributed by atoms with Gasteiger partial charge < -0.3 is 0 Å². The number of fused-ring (bicyclic) bond motifs is 3. The number of pyridine rings is 4. The van der Waals surface area contributed by atoms with E-state index < -0.39 is 0 Å². The summed E-state index contributed by atoms with van der Waals surface area (Å²) in [6, 6.07) is 30.4. The molecule has 33 heavy (non-hydrogen) atoms. The van der Waals surface area contributed by atoms with Gasteiger partial charge in [-0.25, -0.2) is 9.97 Å². The number of halogens is 1. The van der Waals surface area contributed by atoms with Gasteiger partial charge in [0.05, 0.1) is 33.8 Å². The van der Waals surface area contributed by atoms with Crippen LogP contribution in [0.15, 0.2) is 108 Å². The Balaban J connectivity index is 1.72. The van der Waals surface area contributed by atoms with Crippen LogP contribution < -0.4 is 0 Å². The molecule has 4 heterocycles. The molecule has 0 atom stereocenters. The Morgan fingerprint density at radius 2 is 1.09 bits per heavy atom. The lowest BCUT2D eigenvalue weighted by Crippen LogP contribution is -1.95. The second kappa shape index (κ2) is 8.19. The molecule has 0 aliphatic carbocycles. The van der Waals surface area contributed by atoms with Gasteiger partial charge in [-0.15, -0.1) is 0 Å². The molecule has 4 nitrogen and oxygen atoms in total. The fourth-order valence-electron chi connectivity index (χ4n) is 4.08. The lowest BCUT2D eigenvalue weighted by molar-refractivity contribution is 1.26. The van der Waals surface area contributed by atoms with Crippen LogP contribution in [0.5, 0.6) is 0 Å². The third-order valence-corrected chi connectivity index (χ3v) is 6.30. The van der Waals surface area contributed by atoms with E-state index in [0.717, 1.165) is 60.2 Å². The van der Waals surface area contributed by atoms with Crippen molar-refractivity contribution in [2.45, 2.75) is 0 Å². The average Bonchev–Trinajstić information content (AvgIpc) is 2.89. The molecule has 0 saturated heterocycles. The van der Waals surface area contributed by atoms with E-state index in [4.69, 9.17) is 9.97 Å².